The standard InChI is InChI=1S/C13H17FN2O3/c1-13(2,3)16(8-7-11(17)18)12(19)9-5-4-6-10(14)15-9/h4-6H,7-8H2,1-3H3,(H,17,18). The highest BCUT2D eigenvalue weighted by Crippen LogP contribution is 2.17. The van der Waals surface area contributed by atoms with Crippen LogP contribution < -0.4 is 0 Å². The lowest BCUT2D eigenvalue weighted by Gasteiger charge is -2.35. The van der Waals surface area contributed by atoms with Crippen LogP contribution in [0.5, 0.6) is 0 Å². The van der Waals surface area contributed by atoms with E-state index in [0.29, 0.717) is 0 Å². The molecule has 5 nitrogen and oxygen atoms in total. The number of carbonyl (C=O) groups excluding carboxylic acids is 1. The molecule has 1 rings (SSSR count). The van der Waals surface area contributed by atoms with Crippen molar-refractivity contribution in [1.29, 1.82) is 0 Å². The molecular weight excluding hydrogens is 251 g/mol. The van der Waals surface area contributed by atoms with E-state index in [2.05, 4.69) is 4.98 Å². The van der Waals surface area contributed by atoms with Gasteiger partial charge in [0.2, 0.25) is 5.95 Å². The molecule has 0 fully saturated rings. The predicted molar refractivity (Wildman–Crippen MR) is 67.2 cm³/mol. The molecule has 0 radical (unpaired) electrons. The van der Waals surface area contributed by atoms with Gasteiger partial charge in [0.1, 0.15) is 5.69 Å². The number of amides is 1. The molecule has 1 N–H and O–H groups in total. The van der Waals surface area contributed by atoms with Gasteiger partial charge in [0.05, 0.1) is 6.42 Å². The Kier molecular flexibility index (Phi) is 4.58. The third kappa shape index (κ3) is 4.31. The van der Waals surface area contributed by atoms with E-state index in [1.54, 1.807) is 20.8 Å². The van der Waals surface area contributed by atoms with Gasteiger partial charge in [-0.25, -0.2) is 4.98 Å². The van der Waals surface area contributed by atoms with Crippen LogP contribution in [0, 0.1) is 5.95 Å². The smallest absolute Gasteiger partial charge is 0.305 e. The lowest BCUT2D eigenvalue weighted by Crippen LogP contribution is -2.47. The van der Waals surface area contributed by atoms with E-state index in [0.717, 1.165) is 6.07 Å². The van der Waals surface area contributed by atoms with Crippen molar-refractivity contribution in [1.82, 2.24) is 9.88 Å². The predicted octanol–water partition coefficient (Wildman–Crippen LogP) is 1.94. The Balaban J connectivity index is 2.97. The van der Waals surface area contributed by atoms with Crippen molar-refractivity contribution in [3.05, 3.63) is 29.8 Å². The minimum atomic E-state index is -0.991. The second-order valence-electron chi connectivity index (χ2n) is 5.12. The molecule has 0 spiro atoms. The number of nitrogens with zero attached hydrogens (tertiary/aromatic N) is 2. The zero-order valence-corrected chi connectivity index (χ0v) is 11.2. The molecule has 104 valence electrons. The summed E-state index contributed by atoms with van der Waals surface area (Å²) < 4.78 is 13.0. The first-order valence-corrected chi connectivity index (χ1v) is 5.88. The summed E-state index contributed by atoms with van der Waals surface area (Å²) in [6, 6.07) is 3.95. The fraction of sp³-hybridized carbons (Fsp3) is 0.462. The monoisotopic (exact) mass is 268 g/mol. The summed E-state index contributed by atoms with van der Waals surface area (Å²) in [6.07, 6.45) is -0.168. The van der Waals surface area contributed by atoms with Gasteiger partial charge in [-0.15, -0.1) is 0 Å². The minimum absolute atomic E-state index is 0.0275. The Morgan fingerprint density at radius 3 is 2.47 bits per heavy atom. The molecule has 0 aliphatic carbocycles. The summed E-state index contributed by atoms with van der Waals surface area (Å²) in [6.45, 7) is 5.40. The van der Waals surface area contributed by atoms with E-state index < -0.39 is 23.4 Å². The maximum atomic E-state index is 13.0. The van der Waals surface area contributed by atoms with Crippen LogP contribution in [0.4, 0.5) is 4.39 Å². The highest BCUT2D eigenvalue weighted by Gasteiger charge is 2.28. The fourth-order valence-electron chi connectivity index (χ4n) is 1.61. The Morgan fingerprint density at radius 2 is 2.00 bits per heavy atom. The highest BCUT2D eigenvalue weighted by atomic mass is 19.1. The van der Waals surface area contributed by atoms with Crippen molar-refractivity contribution in [3.8, 4) is 0 Å². The molecule has 0 bridgehead atoms. The van der Waals surface area contributed by atoms with E-state index in [1.165, 1.54) is 17.0 Å². The maximum absolute atomic E-state index is 13.0. The van der Waals surface area contributed by atoms with Crippen molar-refractivity contribution < 1.29 is 19.1 Å². The van der Waals surface area contributed by atoms with Crippen LogP contribution in [0.25, 0.3) is 0 Å². The van der Waals surface area contributed by atoms with Crippen LogP contribution in [0.1, 0.15) is 37.7 Å². The summed E-state index contributed by atoms with van der Waals surface area (Å²) >= 11 is 0. The molecule has 0 unspecified atom stereocenters. The van der Waals surface area contributed by atoms with E-state index in [9.17, 15) is 14.0 Å². The lowest BCUT2D eigenvalue weighted by molar-refractivity contribution is -0.137. The number of carbonyl (C=O) groups is 2. The van der Waals surface area contributed by atoms with E-state index in [1.807, 2.05) is 0 Å². The highest BCUT2D eigenvalue weighted by molar-refractivity contribution is 5.93. The topological polar surface area (TPSA) is 70.5 Å². The molecule has 0 saturated carbocycles. The first-order valence-electron chi connectivity index (χ1n) is 5.88. The summed E-state index contributed by atoms with van der Waals surface area (Å²) in [7, 11) is 0. The van der Waals surface area contributed by atoms with E-state index >= 15 is 0 Å². The average Bonchev–Trinajstić information content (AvgIpc) is 2.26. The van der Waals surface area contributed by atoms with Crippen LogP contribution in [-0.4, -0.2) is 39.0 Å². The van der Waals surface area contributed by atoms with Crippen LogP contribution in [0.2, 0.25) is 0 Å². The molecule has 1 aromatic rings. The van der Waals surface area contributed by atoms with Crippen LogP contribution in [0.3, 0.4) is 0 Å². The summed E-state index contributed by atoms with van der Waals surface area (Å²) in [5.41, 5.74) is -0.596. The normalized spacial score (nSPS) is 11.2. The summed E-state index contributed by atoms with van der Waals surface area (Å²) in [5.74, 6) is -2.21. The van der Waals surface area contributed by atoms with Gasteiger partial charge in [0, 0.05) is 12.1 Å². The van der Waals surface area contributed by atoms with Crippen LogP contribution in [-0.2, 0) is 4.79 Å². The average molecular weight is 268 g/mol. The molecule has 19 heavy (non-hydrogen) atoms. The molecule has 0 saturated heterocycles. The van der Waals surface area contributed by atoms with Gasteiger partial charge in [-0.3, -0.25) is 9.59 Å². The summed E-state index contributed by atoms with van der Waals surface area (Å²) in [5, 5.41) is 8.71. The second kappa shape index (κ2) is 5.77. The first kappa shape index (κ1) is 15.1. The van der Waals surface area contributed by atoms with Gasteiger partial charge in [-0.1, -0.05) is 6.07 Å². The first-order chi connectivity index (χ1) is 8.71. The van der Waals surface area contributed by atoms with Crippen molar-refractivity contribution in [2.24, 2.45) is 0 Å². The number of aromatic nitrogens is 1. The quantitative estimate of drug-likeness (QED) is 0.847. The lowest BCUT2D eigenvalue weighted by atomic mass is 10.0. The molecule has 1 aromatic heterocycles. The Hall–Kier alpha value is -1.98. The van der Waals surface area contributed by atoms with Crippen molar-refractivity contribution in [2.75, 3.05) is 6.54 Å². The van der Waals surface area contributed by atoms with Crippen molar-refractivity contribution in [3.63, 3.8) is 0 Å². The maximum Gasteiger partial charge on any atom is 0.305 e. The van der Waals surface area contributed by atoms with Crippen molar-refractivity contribution >= 4 is 11.9 Å². The number of rotatable bonds is 4. The van der Waals surface area contributed by atoms with Gasteiger partial charge < -0.3 is 10.0 Å². The zero-order valence-electron chi connectivity index (χ0n) is 11.2. The Morgan fingerprint density at radius 1 is 1.37 bits per heavy atom. The number of hydrogen-bond donors (Lipinski definition) is 1. The van der Waals surface area contributed by atoms with Crippen molar-refractivity contribution in [2.45, 2.75) is 32.7 Å². The zero-order chi connectivity index (χ0) is 14.6. The van der Waals surface area contributed by atoms with Gasteiger partial charge in [-0.05, 0) is 32.9 Å². The molecule has 1 heterocycles. The largest absolute Gasteiger partial charge is 0.481 e. The summed E-state index contributed by atoms with van der Waals surface area (Å²) in [4.78, 5) is 27.8. The molecule has 0 atom stereocenters. The number of aliphatic carboxylic acids is 1. The van der Waals surface area contributed by atoms with Gasteiger partial charge in [0.15, 0.2) is 0 Å². The third-order valence-electron chi connectivity index (χ3n) is 2.54. The number of halogens is 1. The van der Waals surface area contributed by atoms with Gasteiger partial charge in [-0.2, -0.15) is 4.39 Å². The Labute approximate surface area is 111 Å². The fourth-order valence-corrected chi connectivity index (χ4v) is 1.61. The van der Waals surface area contributed by atoms with Gasteiger partial charge in [0.25, 0.3) is 5.91 Å². The van der Waals surface area contributed by atoms with E-state index in [4.69, 9.17) is 5.11 Å². The third-order valence-corrected chi connectivity index (χ3v) is 2.54. The minimum Gasteiger partial charge on any atom is -0.481 e. The number of pyridine rings is 1. The van der Waals surface area contributed by atoms with Crippen LogP contribution >= 0.6 is 0 Å². The molecule has 0 aromatic carbocycles. The molecule has 0 aliphatic rings. The molecule has 1 amide bonds. The molecule has 6 heteroatoms. The second-order valence-corrected chi connectivity index (χ2v) is 5.12. The molecule has 0 aliphatic heterocycles. The van der Waals surface area contributed by atoms with Gasteiger partial charge >= 0.3 is 5.97 Å². The number of hydrogen-bond acceptors (Lipinski definition) is 3. The number of carboxylic acids is 1. The van der Waals surface area contributed by atoms with Crippen LogP contribution in [0.15, 0.2) is 18.2 Å². The Bertz CT molecular complexity index is 483. The SMILES string of the molecule is CC(C)(C)N(CCC(=O)O)C(=O)c1cccc(F)n1. The van der Waals surface area contributed by atoms with E-state index in [-0.39, 0.29) is 18.7 Å². The molecular formula is C13H17FN2O3. The number of carboxylic acid groups (broad SMARTS) is 1.